The van der Waals surface area contributed by atoms with Gasteiger partial charge in [-0.25, -0.2) is 9.50 Å². The van der Waals surface area contributed by atoms with E-state index in [2.05, 4.69) is 28.3 Å². The number of aromatic nitrogens is 3. The predicted molar refractivity (Wildman–Crippen MR) is 97.8 cm³/mol. The van der Waals surface area contributed by atoms with E-state index in [1.54, 1.807) is 7.11 Å². The van der Waals surface area contributed by atoms with Crippen LogP contribution in [0.5, 0.6) is 5.75 Å². The molecule has 4 rings (SSSR count). The lowest BCUT2D eigenvalue weighted by atomic mass is 10.1. The fourth-order valence-corrected chi connectivity index (χ4v) is 2.94. The molecule has 4 aromatic rings. The lowest BCUT2D eigenvalue weighted by Crippen LogP contribution is -1.95. The average Bonchev–Trinajstić information content (AvgIpc) is 3.07. The highest BCUT2D eigenvalue weighted by molar-refractivity contribution is 7.71. The third-order valence-corrected chi connectivity index (χ3v) is 4.22. The molecule has 2 heterocycles. The van der Waals surface area contributed by atoms with Crippen LogP contribution in [0.3, 0.4) is 0 Å². The highest BCUT2D eigenvalue weighted by atomic mass is 32.1. The summed E-state index contributed by atoms with van der Waals surface area (Å²) in [5, 5.41) is 3.31. The molecule has 0 radical (unpaired) electrons. The van der Waals surface area contributed by atoms with Gasteiger partial charge in [0, 0.05) is 5.56 Å². The molecule has 24 heavy (non-hydrogen) atoms. The topological polar surface area (TPSA) is 42.3 Å². The SMILES string of the molecule is COc1ccc(-c2cc3cc(-c4ccccc4)[nH]n3c(=S)n2)cc1. The summed E-state index contributed by atoms with van der Waals surface area (Å²) in [6.45, 7) is 0. The number of hydrogen-bond acceptors (Lipinski definition) is 3. The number of nitrogens with zero attached hydrogens (tertiary/aromatic N) is 2. The van der Waals surface area contributed by atoms with Gasteiger partial charge < -0.3 is 4.74 Å². The van der Waals surface area contributed by atoms with Crippen LogP contribution in [-0.4, -0.2) is 21.7 Å². The number of benzene rings is 2. The van der Waals surface area contributed by atoms with E-state index in [1.807, 2.05) is 53.0 Å². The Morgan fingerprint density at radius 1 is 0.958 bits per heavy atom. The molecule has 0 unspecified atom stereocenters. The quantitative estimate of drug-likeness (QED) is 0.551. The zero-order valence-electron chi connectivity index (χ0n) is 13.1. The predicted octanol–water partition coefficient (Wildman–Crippen LogP) is 4.73. The number of nitrogens with one attached hydrogen (secondary N) is 1. The Morgan fingerprint density at radius 2 is 1.71 bits per heavy atom. The number of aromatic amines is 1. The van der Waals surface area contributed by atoms with Crippen LogP contribution >= 0.6 is 12.2 Å². The highest BCUT2D eigenvalue weighted by Gasteiger charge is 2.07. The van der Waals surface area contributed by atoms with E-state index in [-0.39, 0.29) is 0 Å². The van der Waals surface area contributed by atoms with Crippen LogP contribution < -0.4 is 4.74 Å². The molecule has 0 aliphatic carbocycles. The number of hydrogen-bond donors (Lipinski definition) is 1. The van der Waals surface area contributed by atoms with Crippen molar-refractivity contribution in [3.63, 3.8) is 0 Å². The van der Waals surface area contributed by atoms with Crippen molar-refractivity contribution in [2.24, 2.45) is 0 Å². The fraction of sp³-hybridized carbons (Fsp3) is 0.0526. The molecule has 2 aromatic carbocycles. The summed E-state index contributed by atoms with van der Waals surface area (Å²) in [6.07, 6.45) is 0. The molecular formula is C19H15N3OS. The lowest BCUT2D eigenvalue weighted by molar-refractivity contribution is 0.415. The summed E-state index contributed by atoms with van der Waals surface area (Å²) in [5.41, 5.74) is 4.96. The van der Waals surface area contributed by atoms with E-state index < -0.39 is 0 Å². The smallest absolute Gasteiger partial charge is 0.219 e. The molecule has 0 amide bonds. The van der Waals surface area contributed by atoms with Crippen LogP contribution in [0.1, 0.15) is 0 Å². The van der Waals surface area contributed by atoms with Gasteiger partial charge in [0.15, 0.2) is 0 Å². The Morgan fingerprint density at radius 3 is 2.42 bits per heavy atom. The molecule has 0 saturated heterocycles. The molecular weight excluding hydrogens is 318 g/mol. The van der Waals surface area contributed by atoms with E-state index in [0.29, 0.717) is 4.77 Å². The van der Waals surface area contributed by atoms with Gasteiger partial charge in [0.05, 0.1) is 24.0 Å². The number of H-pyrrole nitrogens is 1. The van der Waals surface area contributed by atoms with E-state index in [0.717, 1.165) is 33.8 Å². The van der Waals surface area contributed by atoms with Gasteiger partial charge in [0.1, 0.15) is 5.75 Å². The summed E-state index contributed by atoms with van der Waals surface area (Å²) < 4.78 is 7.53. The normalized spacial score (nSPS) is 10.9. The van der Waals surface area contributed by atoms with Gasteiger partial charge in [0.25, 0.3) is 0 Å². The van der Waals surface area contributed by atoms with Crippen LogP contribution in [0, 0.1) is 4.77 Å². The minimum Gasteiger partial charge on any atom is -0.497 e. The van der Waals surface area contributed by atoms with Gasteiger partial charge >= 0.3 is 0 Å². The summed E-state index contributed by atoms with van der Waals surface area (Å²) in [7, 11) is 1.65. The molecule has 1 N–H and O–H groups in total. The molecule has 4 nitrogen and oxygen atoms in total. The summed E-state index contributed by atoms with van der Waals surface area (Å²) in [4.78, 5) is 4.54. The number of ether oxygens (including phenoxy) is 1. The lowest BCUT2D eigenvalue weighted by Gasteiger charge is -2.04. The van der Waals surface area contributed by atoms with Crippen LogP contribution in [0.2, 0.25) is 0 Å². The fourth-order valence-electron chi connectivity index (χ4n) is 2.69. The van der Waals surface area contributed by atoms with Crippen LogP contribution in [0.4, 0.5) is 0 Å². The van der Waals surface area contributed by atoms with Crippen molar-refractivity contribution in [2.45, 2.75) is 0 Å². The van der Waals surface area contributed by atoms with Gasteiger partial charge in [-0.15, -0.1) is 0 Å². The third-order valence-electron chi connectivity index (χ3n) is 3.95. The van der Waals surface area contributed by atoms with Crippen LogP contribution in [-0.2, 0) is 0 Å². The van der Waals surface area contributed by atoms with Gasteiger partial charge in [-0.05, 0) is 54.2 Å². The molecule has 0 fully saturated rings. The molecule has 118 valence electrons. The third kappa shape index (κ3) is 2.59. The van der Waals surface area contributed by atoms with Crippen molar-refractivity contribution < 1.29 is 4.74 Å². The first-order chi connectivity index (χ1) is 11.7. The van der Waals surface area contributed by atoms with E-state index in [4.69, 9.17) is 17.0 Å². The molecule has 0 spiro atoms. The maximum absolute atomic E-state index is 5.45. The van der Waals surface area contributed by atoms with Gasteiger partial charge in [0.2, 0.25) is 4.77 Å². The van der Waals surface area contributed by atoms with Gasteiger partial charge in [-0.2, -0.15) is 0 Å². The zero-order valence-corrected chi connectivity index (χ0v) is 13.9. The van der Waals surface area contributed by atoms with Crippen LogP contribution in [0.15, 0.2) is 66.7 Å². The molecule has 2 aromatic heterocycles. The Hall–Kier alpha value is -2.92. The maximum atomic E-state index is 5.45. The standard InChI is InChI=1S/C19H15N3OS/c1-23-16-9-7-14(8-10-16)17-11-15-12-18(13-5-3-2-4-6-13)21-22(15)19(24)20-17/h2-12,21H,1H3. The second-order valence-electron chi connectivity index (χ2n) is 5.45. The van der Waals surface area contributed by atoms with Gasteiger partial charge in [-0.3, -0.25) is 5.10 Å². The molecule has 0 atom stereocenters. The van der Waals surface area contributed by atoms with Crippen molar-refractivity contribution >= 4 is 17.7 Å². The molecule has 0 saturated carbocycles. The first-order valence-electron chi connectivity index (χ1n) is 7.57. The number of fused-ring (bicyclic) bond motifs is 1. The van der Waals surface area contributed by atoms with E-state index in [9.17, 15) is 0 Å². The van der Waals surface area contributed by atoms with E-state index in [1.165, 1.54) is 0 Å². The number of rotatable bonds is 3. The first kappa shape index (κ1) is 14.7. The Bertz CT molecular complexity index is 1050. The maximum Gasteiger partial charge on any atom is 0.219 e. The largest absolute Gasteiger partial charge is 0.497 e. The second-order valence-corrected chi connectivity index (χ2v) is 5.81. The van der Waals surface area contributed by atoms with Gasteiger partial charge in [-0.1, -0.05) is 30.3 Å². The van der Waals surface area contributed by atoms with Crippen molar-refractivity contribution in [3.05, 3.63) is 71.5 Å². The Labute approximate surface area is 144 Å². The summed E-state index contributed by atoms with van der Waals surface area (Å²) in [5.74, 6) is 0.820. The minimum atomic E-state index is 0.500. The van der Waals surface area contributed by atoms with Crippen molar-refractivity contribution in [3.8, 4) is 28.3 Å². The van der Waals surface area contributed by atoms with Crippen molar-refractivity contribution in [1.29, 1.82) is 0 Å². The van der Waals surface area contributed by atoms with Crippen LogP contribution in [0.25, 0.3) is 28.0 Å². The summed E-state index contributed by atoms with van der Waals surface area (Å²) in [6, 6.07) is 22.1. The Kier molecular flexibility index (Phi) is 3.63. The number of methoxy groups -OCH3 is 1. The molecule has 5 heteroatoms. The second kappa shape index (κ2) is 5.94. The van der Waals surface area contributed by atoms with Crippen molar-refractivity contribution in [2.75, 3.05) is 7.11 Å². The summed E-state index contributed by atoms with van der Waals surface area (Å²) >= 11 is 5.45. The van der Waals surface area contributed by atoms with E-state index >= 15 is 0 Å². The average molecular weight is 333 g/mol. The zero-order chi connectivity index (χ0) is 16.5. The first-order valence-corrected chi connectivity index (χ1v) is 7.98. The highest BCUT2D eigenvalue weighted by Crippen LogP contribution is 2.24. The Balaban J connectivity index is 1.83. The minimum absolute atomic E-state index is 0.500. The molecule has 0 bridgehead atoms. The molecule has 0 aliphatic rings. The molecule has 0 aliphatic heterocycles. The van der Waals surface area contributed by atoms with Crippen molar-refractivity contribution in [1.82, 2.24) is 14.6 Å². The monoisotopic (exact) mass is 333 g/mol.